The lowest BCUT2D eigenvalue weighted by atomic mass is 9.82. The van der Waals surface area contributed by atoms with Gasteiger partial charge in [0.1, 0.15) is 11.2 Å². The highest BCUT2D eigenvalue weighted by atomic mass is 16.3. The monoisotopic (exact) mass is 716 g/mol. The van der Waals surface area contributed by atoms with Gasteiger partial charge in [-0.25, -0.2) is 9.97 Å². The summed E-state index contributed by atoms with van der Waals surface area (Å²) >= 11 is 0. The highest BCUT2D eigenvalue weighted by Gasteiger charge is 2.36. The summed E-state index contributed by atoms with van der Waals surface area (Å²) in [5.41, 5.74) is 16.2. The Morgan fingerprint density at radius 3 is 1.84 bits per heavy atom. The van der Waals surface area contributed by atoms with Gasteiger partial charge in [0.2, 0.25) is 0 Å². The van der Waals surface area contributed by atoms with Gasteiger partial charge in [-0.2, -0.15) is 0 Å². The summed E-state index contributed by atoms with van der Waals surface area (Å²) in [6.45, 7) is 4.65. The fourth-order valence-electron chi connectivity index (χ4n) is 8.90. The zero-order chi connectivity index (χ0) is 37.4. The molecule has 264 valence electrons. The lowest BCUT2D eigenvalue weighted by Gasteiger charge is -2.21. The largest absolute Gasteiger partial charge is 0.456 e. The molecule has 0 saturated carbocycles. The van der Waals surface area contributed by atoms with Crippen molar-refractivity contribution in [2.24, 2.45) is 0 Å². The van der Waals surface area contributed by atoms with Crippen LogP contribution in [0.2, 0.25) is 0 Å². The lowest BCUT2D eigenvalue weighted by molar-refractivity contribution is 0.660. The first kappa shape index (κ1) is 32.3. The van der Waals surface area contributed by atoms with E-state index in [1.165, 1.54) is 33.0 Å². The van der Waals surface area contributed by atoms with Gasteiger partial charge in [0, 0.05) is 32.9 Å². The van der Waals surface area contributed by atoms with E-state index in [-0.39, 0.29) is 5.41 Å². The number of hydrogen-bond acceptors (Lipinski definition) is 3. The molecule has 1 aliphatic carbocycles. The fraction of sp³-hybridized carbons (Fsp3) is 0.0566. The van der Waals surface area contributed by atoms with Crippen LogP contribution in [0, 0.1) is 0 Å². The molecule has 10 aromatic rings. The topological polar surface area (TPSA) is 38.9 Å². The molecule has 56 heavy (non-hydrogen) atoms. The summed E-state index contributed by atoms with van der Waals surface area (Å²) in [6, 6.07) is 64.8. The molecule has 0 unspecified atom stereocenters. The Kier molecular flexibility index (Phi) is 7.20. The van der Waals surface area contributed by atoms with Gasteiger partial charge in [-0.15, -0.1) is 0 Å². The van der Waals surface area contributed by atoms with Crippen molar-refractivity contribution in [3.63, 3.8) is 0 Å². The predicted molar refractivity (Wildman–Crippen MR) is 232 cm³/mol. The van der Waals surface area contributed by atoms with Crippen LogP contribution in [-0.4, -0.2) is 9.97 Å². The van der Waals surface area contributed by atoms with Crippen molar-refractivity contribution in [1.29, 1.82) is 0 Å². The molecule has 3 heteroatoms. The van der Waals surface area contributed by atoms with Crippen LogP contribution >= 0.6 is 0 Å². The number of aromatic nitrogens is 2. The fourth-order valence-corrected chi connectivity index (χ4v) is 8.90. The zero-order valence-corrected chi connectivity index (χ0v) is 31.1. The SMILES string of the molecule is CC1(C)c2ccccc2-c2c(-c3cc(-c4cc(-c5ccccc5)cc(-c5cccc6oc7cc8ccccc8cc7c56)c4)nc(-c4ccccc4)n3)cccc21. The van der Waals surface area contributed by atoms with Gasteiger partial charge >= 0.3 is 0 Å². The molecule has 2 heterocycles. The van der Waals surface area contributed by atoms with Gasteiger partial charge in [-0.3, -0.25) is 0 Å². The Hall–Kier alpha value is -7.10. The minimum Gasteiger partial charge on any atom is -0.456 e. The molecule has 0 atom stereocenters. The van der Waals surface area contributed by atoms with E-state index in [0.29, 0.717) is 5.82 Å². The van der Waals surface area contributed by atoms with E-state index in [9.17, 15) is 0 Å². The van der Waals surface area contributed by atoms with Gasteiger partial charge < -0.3 is 4.42 Å². The molecule has 0 radical (unpaired) electrons. The quantitative estimate of drug-likeness (QED) is 0.178. The first-order valence-corrected chi connectivity index (χ1v) is 19.2. The molecule has 8 aromatic carbocycles. The summed E-state index contributed by atoms with van der Waals surface area (Å²) in [6.07, 6.45) is 0. The molecule has 3 nitrogen and oxygen atoms in total. The number of rotatable bonds is 5. The van der Waals surface area contributed by atoms with E-state index in [0.717, 1.165) is 72.3 Å². The molecular weight excluding hydrogens is 681 g/mol. The predicted octanol–water partition coefficient (Wildman–Crippen LogP) is 14.2. The lowest BCUT2D eigenvalue weighted by Crippen LogP contribution is -2.14. The first-order valence-electron chi connectivity index (χ1n) is 19.2. The molecule has 0 saturated heterocycles. The van der Waals surface area contributed by atoms with Crippen LogP contribution < -0.4 is 0 Å². The van der Waals surface area contributed by atoms with E-state index < -0.39 is 0 Å². The molecule has 0 bridgehead atoms. The van der Waals surface area contributed by atoms with Crippen molar-refractivity contribution < 1.29 is 4.42 Å². The Morgan fingerprint density at radius 1 is 0.411 bits per heavy atom. The minimum absolute atomic E-state index is 0.121. The maximum Gasteiger partial charge on any atom is 0.160 e. The molecular formula is C53H36N2O. The van der Waals surface area contributed by atoms with Crippen LogP contribution in [-0.2, 0) is 5.41 Å². The molecule has 0 fully saturated rings. The van der Waals surface area contributed by atoms with Gasteiger partial charge in [-0.1, -0.05) is 153 Å². The summed E-state index contributed by atoms with van der Waals surface area (Å²) in [5.74, 6) is 0.697. The third-order valence-electron chi connectivity index (χ3n) is 11.7. The summed E-state index contributed by atoms with van der Waals surface area (Å²) in [5, 5.41) is 4.58. The molecule has 11 rings (SSSR count). The van der Waals surface area contributed by atoms with Crippen LogP contribution in [0.3, 0.4) is 0 Å². The zero-order valence-electron chi connectivity index (χ0n) is 31.1. The maximum absolute atomic E-state index is 6.54. The second-order valence-electron chi connectivity index (χ2n) is 15.4. The van der Waals surface area contributed by atoms with E-state index in [1.54, 1.807) is 0 Å². The Labute approximate surface area is 325 Å². The second-order valence-corrected chi connectivity index (χ2v) is 15.4. The normalized spacial score (nSPS) is 13.0. The van der Waals surface area contributed by atoms with Crippen LogP contribution in [0.5, 0.6) is 0 Å². The standard InChI is InChI=1S/C53H36N2O/c1-53(2)44-24-12-11-21-41(44)50-42(23-13-25-45(50)53)47-32-46(54-52(55-47)34-17-7-4-8-18-34)39-28-37(33-15-5-3-6-16-33)27-38(29-39)40-22-14-26-48-51(40)43-30-35-19-9-10-20-36(35)31-49(43)56-48/h3-32H,1-2H3. The number of nitrogens with zero attached hydrogens (tertiary/aromatic N) is 2. The van der Waals surface area contributed by atoms with Crippen molar-refractivity contribution in [1.82, 2.24) is 9.97 Å². The maximum atomic E-state index is 6.54. The molecule has 0 amide bonds. The van der Waals surface area contributed by atoms with Crippen LogP contribution in [0.4, 0.5) is 0 Å². The van der Waals surface area contributed by atoms with Crippen LogP contribution in [0.1, 0.15) is 25.0 Å². The number of furan rings is 1. The van der Waals surface area contributed by atoms with Gasteiger partial charge in [-0.05, 0) is 97.7 Å². The summed E-state index contributed by atoms with van der Waals surface area (Å²) in [4.78, 5) is 10.7. The van der Waals surface area contributed by atoms with Gasteiger partial charge in [0.15, 0.2) is 5.82 Å². The number of benzene rings is 8. The van der Waals surface area contributed by atoms with Crippen molar-refractivity contribution in [2.75, 3.05) is 0 Å². The van der Waals surface area contributed by atoms with E-state index in [2.05, 4.69) is 190 Å². The Bertz CT molecular complexity index is 3160. The molecule has 2 aromatic heterocycles. The second kappa shape index (κ2) is 12.5. The average Bonchev–Trinajstić information content (AvgIpc) is 3.74. The Balaban J connectivity index is 1.17. The summed E-state index contributed by atoms with van der Waals surface area (Å²) < 4.78 is 6.54. The number of fused-ring (bicyclic) bond motifs is 7. The van der Waals surface area contributed by atoms with Gasteiger partial charge in [0.05, 0.1) is 11.4 Å². The highest BCUT2D eigenvalue weighted by molar-refractivity contribution is 6.16. The van der Waals surface area contributed by atoms with Crippen LogP contribution in [0.25, 0.3) is 100.0 Å². The first-order chi connectivity index (χ1) is 27.5. The molecule has 0 N–H and O–H groups in total. The molecule has 0 spiro atoms. The smallest absolute Gasteiger partial charge is 0.160 e. The van der Waals surface area contributed by atoms with Crippen LogP contribution in [0.15, 0.2) is 186 Å². The van der Waals surface area contributed by atoms with E-state index in [4.69, 9.17) is 14.4 Å². The Morgan fingerprint density at radius 2 is 1.02 bits per heavy atom. The average molecular weight is 717 g/mol. The minimum atomic E-state index is -0.121. The van der Waals surface area contributed by atoms with Crippen molar-refractivity contribution in [3.8, 4) is 67.3 Å². The highest BCUT2D eigenvalue weighted by Crippen LogP contribution is 2.52. The summed E-state index contributed by atoms with van der Waals surface area (Å²) in [7, 11) is 0. The third-order valence-corrected chi connectivity index (χ3v) is 11.7. The van der Waals surface area contributed by atoms with E-state index in [1.807, 2.05) is 6.07 Å². The molecule has 1 aliphatic rings. The van der Waals surface area contributed by atoms with Gasteiger partial charge in [0.25, 0.3) is 0 Å². The van der Waals surface area contributed by atoms with Crippen molar-refractivity contribution in [3.05, 3.63) is 193 Å². The van der Waals surface area contributed by atoms with E-state index >= 15 is 0 Å². The number of hydrogen-bond donors (Lipinski definition) is 0. The third kappa shape index (κ3) is 5.12. The molecule has 0 aliphatic heterocycles. The van der Waals surface area contributed by atoms with Crippen molar-refractivity contribution >= 4 is 32.7 Å². The van der Waals surface area contributed by atoms with Crippen molar-refractivity contribution in [2.45, 2.75) is 19.3 Å².